The topological polar surface area (TPSA) is 78.0 Å². The van der Waals surface area contributed by atoms with Crippen molar-refractivity contribution in [3.63, 3.8) is 0 Å². The first-order valence-corrected chi connectivity index (χ1v) is 9.62. The van der Waals surface area contributed by atoms with Crippen LogP contribution in [0.25, 0.3) is 0 Å². The number of piperidine rings is 1. The van der Waals surface area contributed by atoms with Crippen molar-refractivity contribution in [3.8, 4) is 0 Å². The average Bonchev–Trinajstić information content (AvgIpc) is 2.68. The van der Waals surface area contributed by atoms with E-state index in [1.54, 1.807) is 21.2 Å². The van der Waals surface area contributed by atoms with Gasteiger partial charge in [-0.25, -0.2) is 0 Å². The molecule has 1 aliphatic rings. The number of likely N-dealkylation sites (tertiary alicyclic amines) is 1. The Kier molecular flexibility index (Phi) is 11.7. The molecule has 7 nitrogen and oxygen atoms in total. The Morgan fingerprint density at radius 1 is 1.39 bits per heavy atom. The number of carbonyl (C=O) groups excluding carboxylic acids is 1. The summed E-state index contributed by atoms with van der Waals surface area (Å²) in [5.41, 5.74) is 1.02. The maximum Gasteiger partial charge on any atom is 0.233 e. The van der Waals surface area contributed by atoms with Crippen LogP contribution in [0.1, 0.15) is 24.5 Å². The quantitative estimate of drug-likeness (QED) is 0.290. The number of hydrogen-bond donors (Lipinski definition) is 3. The maximum absolute atomic E-state index is 11.5. The summed E-state index contributed by atoms with van der Waals surface area (Å²) >= 11 is 6.08. The number of nitrogens with zero attached hydrogens (tertiary/aromatic N) is 2. The van der Waals surface area contributed by atoms with Crippen molar-refractivity contribution in [3.05, 3.63) is 34.9 Å². The molecule has 3 N–H and O–H groups in total. The Morgan fingerprint density at radius 2 is 2.11 bits per heavy atom. The van der Waals surface area contributed by atoms with Crippen LogP contribution in [0.4, 0.5) is 0 Å². The van der Waals surface area contributed by atoms with E-state index in [0.717, 1.165) is 37.5 Å². The lowest BCUT2D eigenvalue weighted by molar-refractivity contribution is -0.122. The number of aliphatic imine (C=N–C) groups is 1. The third-order valence-electron chi connectivity index (χ3n) is 4.76. The summed E-state index contributed by atoms with van der Waals surface area (Å²) in [6.45, 7) is 2.84. The largest absolute Gasteiger partial charge is 0.375 e. The Morgan fingerprint density at radius 3 is 2.68 bits per heavy atom. The predicted molar refractivity (Wildman–Crippen MR) is 125 cm³/mol. The molecular weight excluding hydrogens is 493 g/mol. The van der Waals surface area contributed by atoms with Crippen molar-refractivity contribution in [2.45, 2.75) is 25.0 Å². The van der Waals surface area contributed by atoms with E-state index in [1.165, 1.54) is 0 Å². The van der Waals surface area contributed by atoms with E-state index in [0.29, 0.717) is 24.2 Å². The monoisotopic (exact) mass is 523 g/mol. The molecule has 9 heteroatoms. The van der Waals surface area contributed by atoms with Gasteiger partial charge in [0.15, 0.2) is 5.96 Å². The molecule has 0 aromatic heterocycles. The number of ether oxygens (including phenoxy) is 1. The highest BCUT2D eigenvalue weighted by Crippen LogP contribution is 2.19. The number of benzene rings is 1. The first kappa shape index (κ1) is 24.9. The molecular formula is C19H31ClIN5O2. The van der Waals surface area contributed by atoms with Gasteiger partial charge in [0.05, 0.1) is 12.6 Å². The Bertz CT molecular complexity index is 639. The Labute approximate surface area is 189 Å². The highest BCUT2D eigenvalue weighted by Gasteiger charge is 2.21. The fourth-order valence-electron chi connectivity index (χ4n) is 3.14. The summed E-state index contributed by atoms with van der Waals surface area (Å²) in [7, 11) is 5.12. The Balaban J connectivity index is 0.00000392. The molecule has 1 amide bonds. The molecule has 0 bridgehead atoms. The van der Waals surface area contributed by atoms with Gasteiger partial charge in [0, 0.05) is 51.9 Å². The van der Waals surface area contributed by atoms with Crippen LogP contribution in [-0.4, -0.2) is 70.2 Å². The van der Waals surface area contributed by atoms with E-state index in [2.05, 4.69) is 25.8 Å². The molecule has 158 valence electrons. The molecule has 1 fully saturated rings. The number of guanidine groups is 1. The molecule has 0 saturated carbocycles. The smallest absolute Gasteiger partial charge is 0.233 e. The molecule has 1 unspecified atom stereocenters. The molecule has 1 aromatic carbocycles. The number of halogens is 2. The van der Waals surface area contributed by atoms with Crippen molar-refractivity contribution >= 4 is 47.4 Å². The van der Waals surface area contributed by atoms with Gasteiger partial charge in [0.1, 0.15) is 0 Å². The lowest BCUT2D eigenvalue weighted by atomic mass is 10.1. The van der Waals surface area contributed by atoms with Crippen LogP contribution in [0.15, 0.2) is 29.3 Å². The van der Waals surface area contributed by atoms with Crippen molar-refractivity contribution < 1.29 is 9.53 Å². The zero-order valence-electron chi connectivity index (χ0n) is 16.7. The standard InChI is InChI=1S/C19H30ClN5O2.HI/c1-21-18(26)13-25-9-7-16(8-10-25)24-19(22-2)23-12-17(27-3)14-5-4-6-15(20)11-14;/h4-6,11,16-17H,7-10,12-13H2,1-3H3,(H,21,26)(H2,22,23,24);1H. The van der Waals surface area contributed by atoms with Crippen LogP contribution < -0.4 is 16.0 Å². The van der Waals surface area contributed by atoms with Gasteiger partial charge in [-0.1, -0.05) is 23.7 Å². The number of rotatable bonds is 7. The second-order valence-corrected chi connectivity index (χ2v) is 7.04. The van der Waals surface area contributed by atoms with Gasteiger partial charge in [0.2, 0.25) is 5.91 Å². The second kappa shape index (κ2) is 13.2. The number of carbonyl (C=O) groups is 1. The van der Waals surface area contributed by atoms with Gasteiger partial charge >= 0.3 is 0 Å². The van der Waals surface area contributed by atoms with Gasteiger partial charge in [-0.15, -0.1) is 24.0 Å². The summed E-state index contributed by atoms with van der Waals surface area (Å²) < 4.78 is 5.59. The molecule has 1 atom stereocenters. The van der Waals surface area contributed by atoms with Crippen LogP contribution in [0, 0.1) is 0 Å². The highest BCUT2D eigenvalue weighted by atomic mass is 127. The molecule has 0 aliphatic carbocycles. The van der Waals surface area contributed by atoms with Crippen LogP contribution >= 0.6 is 35.6 Å². The summed E-state index contributed by atoms with van der Waals surface area (Å²) in [5.74, 6) is 0.814. The summed E-state index contributed by atoms with van der Waals surface area (Å²) in [5, 5.41) is 10.2. The van der Waals surface area contributed by atoms with E-state index in [4.69, 9.17) is 16.3 Å². The van der Waals surface area contributed by atoms with E-state index < -0.39 is 0 Å². The average molecular weight is 524 g/mol. The molecule has 1 saturated heterocycles. The minimum atomic E-state index is -0.114. The maximum atomic E-state index is 11.5. The third-order valence-corrected chi connectivity index (χ3v) is 4.99. The van der Waals surface area contributed by atoms with Crippen molar-refractivity contribution in [2.24, 2.45) is 4.99 Å². The number of methoxy groups -OCH3 is 1. The third kappa shape index (κ3) is 8.10. The first-order valence-electron chi connectivity index (χ1n) is 9.24. The van der Waals surface area contributed by atoms with Crippen molar-refractivity contribution in [1.29, 1.82) is 0 Å². The van der Waals surface area contributed by atoms with Crippen molar-refractivity contribution in [1.82, 2.24) is 20.9 Å². The molecule has 0 spiro atoms. The fraction of sp³-hybridized carbons (Fsp3) is 0.579. The van der Waals surface area contributed by atoms with E-state index >= 15 is 0 Å². The van der Waals surface area contributed by atoms with Gasteiger partial charge in [0.25, 0.3) is 0 Å². The first-order chi connectivity index (χ1) is 13.0. The molecule has 28 heavy (non-hydrogen) atoms. The van der Waals surface area contributed by atoms with Gasteiger partial charge < -0.3 is 20.7 Å². The molecule has 2 rings (SSSR count). The summed E-state index contributed by atoms with van der Waals surface area (Å²) in [4.78, 5) is 18.0. The van der Waals surface area contributed by atoms with Crippen LogP contribution in [0.3, 0.4) is 0 Å². The molecule has 0 radical (unpaired) electrons. The number of hydrogen-bond acceptors (Lipinski definition) is 4. The SMILES string of the molecule is CN=C(NCC(OC)c1cccc(Cl)c1)NC1CCN(CC(=O)NC)CC1.I. The van der Waals surface area contributed by atoms with Gasteiger partial charge in [-0.05, 0) is 30.5 Å². The number of amides is 1. The minimum absolute atomic E-state index is 0. The summed E-state index contributed by atoms with van der Waals surface area (Å²) in [6.07, 6.45) is 1.83. The lowest BCUT2D eigenvalue weighted by Crippen LogP contribution is -2.50. The second-order valence-electron chi connectivity index (χ2n) is 6.60. The van der Waals surface area contributed by atoms with Gasteiger partial charge in [-0.3, -0.25) is 14.7 Å². The van der Waals surface area contributed by atoms with E-state index in [-0.39, 0.29) is 36.0 Å². The van der Waals surface area contributed by atoms with Crippen molar-refractivity contribution in [2.75, 3.05) is 47.4 Å². The van der Waals surface area contributed by atoms with Crippen LogP contribution in [0.5, 0.6) is 0 Å². The van der Waals surface area contributed by atoms with E-state index in [9.17, 15) is 4.79 Å². The normalized spacial score (nSPS) is 16.8. The summed E-state index contributed by atoms with van der Waals surface area (Å²) in [6, 6.07) is 8.02. The lowest BCUT2D eigenvalue weighted by Gasteiger charge is -2.32. The Hall–Kier alpha value is -1.10. The zero-order valence-corrected chi connectivity index (χ0v) is 19.8. The minimum Gasteiger partial charge on any atom is -0.375 e. The van der Waals surface area contributed by atoms with Gasteiger partial charge in [-0.2, -0.15) is 0 Å². The number of nitrogens with one attached hydrogen (secondary N) is 3. The molecule has 1 aromatic rings. The number of likely N-dealkylation sites (N-methyl/N-ethyl adjacent to an activating group) is 1. The molecule has 1 aliphatic heterocycles. The van der Waals surface area contributed by atoms with E-state index in [1.807, 2.05) is 24.3 Å². The van der Waals surface area contributed by atoms with Crippen LogP contribution in [0.2, 0.25) is 5.02 Å². The highest BCUT2D eigenvalue weighted by molar-refractivity contribution is 14.0. The predicted octanol–water partition coefficient (Wildman–Crippen LogP) is 2.02. The van der Waals surface area contributed by atoms with Crippen LogP contribution in [-0.2, 0) is 9.53 Å². The molecule has 1 heterocycles. The zero-order chi connectivity index (χ0) is 19.6. The fourth-order valence-corrected chi connectivity index (χ4v) is 3.34.